The van der Waals surface area contributed by atoms with E-state index in [1.165, 1.54) is 16.7 Å². The highest BCUT2D eigenvalue weighted by atomic mass is 35.5. The fourth-order valence-corrected chi connectivity index (χ4v) is 3.27. The highest BCUT2D eigenvalue weighted by Gasteiger charge is 2.36. The summed E-state index contributed by atoms with van der Waals surface area (Å²) in [6.07, 6.45) is 0. The van der Waals surface area contributed by atoms with E-state index in [1.54, 1.807) is 0 Å². The third-order valence-electron chi connectivity index (χ3n) is 4.38. The van der Waals surface area contributed by atoms with Crippen molar-refractivity contribution in [2.75, 3.05) is 32.8 Å². The molecule has 1 aromatic carbocycles. The molecule has 0 amide bonds. The van der Waals surface area contributed by atoms with Crippen LogP contribution >= 0.6 is 12.4 Å². The lowest BCUT2D eigenvalue weighted by Crippen LogP contribution is -2.49. The molecule has 2 N–H and O–H groups in total. The van der Waals surface area contributed by atoms with E-state index in [9.17, 15) is 5.11 Å². The van der Waals surface area contributed by atoms with Crippen LogP contribution in [0.3, 0.4) is 0 Å². The number of hydrogen-bond acceptors (Lipinski definition) is 3. The summed E-state index contributed by atoms with van der Waals surface area (Å²) in [6, 6.07) is 6.95. The van der Waals surface area contributed by atoms with E-state index in [2.05, 4.69) is 56.1 Å². The third-order valence-corrected chi connectivity index (χ3v) is 4.38. The molecule has 120 valence electrons. The molecule has 1 heterocycles. The SMILES string of the molecule is Cc1ccc([C@@H](N2CCNCC2)C(C)(C)CO)c(C)c1.Cl. The maximum absolute atomic E-state index is 9.86. The topological polar surface area (TPSA) is 35.5 Å². The quantitative estimate of drug-likeness (QED) is 0.897. The predicted molar refractivity (Wildman–Crippen MR) is 91.2 cm³/mol. The highest BCUT2D eigenvalue weighted by molar-refractivity contribution is 5.85. The molecule has 0 bridgehead atoms. The van der Waals surface area contributed by atoms with Crippen molar-refractivity contribution in [2.45, 2.75) is 33.7 Å². The second-order valence-electron chi connectivity index (χ2n) is 6.70. The molecule has 1 atom stereocenters. The summed E-state index contributed by atoms with van der Waals surface area (Å²) >= 11 is 0. The van der Waals surface area contributed by atoms with Crippen molar-refractivity contribution in [2.24, 2.45) is 5.41 Å². The van der Waals surface area contributed by atoms with Gasteiger partial charge in [-0.05, 0) is 25.0 Å². The average molecular weight is 313 g/mol. The number of aryl methyl sites for hydroxylation is 2. The summed E-state index contributed by atoms with van der Waals surface area (Å²) in [6.45, 7) is 13.0. The number of nitrogens with one attached hydrogen (secondary N) is 1. The van der Waals surface area contributed by atoms with Crippen molar-refractivity contribution >= 4 is 12.4 Å². The van der Waals surface area contributed by atoms with Gasteiger partial charge in [0.2, 0.25) is 0 Å². The van der Waals surface area contributed by atoms with E-state index in [1.807, 2.05) is 0 Å². The Kier molecular flexibility index (Phi) is 6.67. The molecule has 4 heteroatoms. The van der Waals surface area contributed by atoms with Gasteiger partial charge in [0, 0.05) is 44.2 Å². The Balaban J connectivity index is 0.00000220. The van der Waals surface area contributed by atoms with Crippen molar-refractivity contribution < 1.29 is 5.11 Å². The van der Waals surface area contributed by atoms with E-state index in [0.717, 1.165) is 26.2 Å². The highest BCUT2D eigenvalue weighted by Crippen LogP contribution is 2.39. The zero-order valence-electron chi connectivity index (χ0n) is 13.6. The summed E-state index contributed by atoms with van der Waals surface area (Å²) in [5, 5.41) is 13.3. The van der Waals surface area contributed by atoms with Crippen LogP contribution in [-0.2, 0) is 0 Å². The van der Waals surface area contributed by atoms with Crippen molar-refractivity contribution in [1.29, 1.82) is 0 Å². The van der Waals surface area contributed by atoms with E-state index < -0.39 is 0 Å². The van der Waals surface area contributed by atoms with E-state index in [0.29, 0.717) is 0 Å². The van der Waals surface area contributed by atoms with Crippen LogP contribution in [-0.4, -0.2) is 42.8 Å². The molecule has 1 saturated heterocycles. The Morgan fingerprint density at radius 3 is 2.38 bits per heavy atom. The number of aliphatic hydroxyl groups is 1. The molecule has 0 spiro atoms. The van der Waals surface area contributed by atoms with Crippen LogP contribution in [0.4, 0.5) is 0 Å². The zero-order valence-corrected chi connectivity index (χ0v) is 14.5. The minimum absolute atomic E-state index is 0. The summed E-state index contributed by atoms with van der Waals surface area (Å²) in [4.78, 5) is 2.52. The Hall–Kier alpha value is -0.610. The lowest BCUT2D eigenvalue weighted by atomic mass is 9.78. The third kappa shape index (κ3) is 4.19. The van der Waals surface area contributed by atoms with Gasteiger partial charge in [0.1, 0.15) is 0 Å². The molecule has 1 aliphatic heterocycles. The number of piperazine rings is 1. The maximum Gasteiger partial charge on any atom is 0.0500 e. The summed E-state index contributed by atoms with van der Waals surface area (Å²) in [5.41, 5.74) is 3.84. The minimum Gasteiger partial charge on any atom is -0.396 e. The van der Waals surface area contributed by atoms with Crippen molar-refractivity contribution in [1.82, 2.24) is 10.2 Å². The Morgan fingerprint density at radius 2 is 1.86 bits per heavy atom. The standard InChI is InChI=1S/C17H28N2O.ClH/c1-13-5-6-15(14(2)11-13)16(17(3,4)12-20)19-9-7-18-8-10-19;/h5-6,11,16,18,20H,7-10,12H2,1-4H3;1H/t16-;/m1./s1. The zero-order chi connectivity index (χ0) is 14.8. The number of rotatable bonds is 4. The lowest BCUT2D eigenvalue weighted by Gasteiger charge is -2.44. The largest absolute Gasteiger partial charge is 0.396 e. The molecule has 0 aromatic heterocycles. The Bertz CT molecular complexity index is 456. The van der Waals surface area contributed by atoms with Crippen LogP contribution < -0.4 is 5.32 Å². The fraction of sp³-hybridized carbons (Fsp3) is 0.647. The van der Waals surface area contributed by atoms with Gasteiger partial charge in [-0.15, -0.1) is 12.4 Å². The monoisotopic (exact) mass is 312 g/mol. The minimum atomic E-state index is -0.142. The molecule has 1 aliphatic rings. The van der Waals surface area contributed by atoms with Gasteiger partial charge >= 0.3 is 0 Å². The van der Waals surface area contributed by atoms with Crippen molar-refractivity contribution in [3.05, 3.63) is 34.9 Å². The first-order valence-electron chi connectivity index (χ1n) is 7.58. The van der Waals surface area contributed by atoms with Gasteiger partial charge in [-0.25, -0.2) is 0 Å². The van der Waals surface area contributed by atoms with Crippen molar-refractivity contribution in [3.63, 3.8) is 0 Å². The van der Waals surface area contributed by atoms with Crippen LogP contribution in [0.25, 0.3) is 0 Å². The van der Waals surface area contributed by atoms with Gasteiger partial charge in [-0.1, -0.05) is 37.6 Å². The lowest BCUT2D eigenvalue weighted by molar-refractivity contribution is 0.0302. The fourth-order valence-electron chi connectivity index (χ4n) is 3.27. The van der Waals surface area contributed by atoms with Crippen LogP contribution in [0.1, 0.15) is 36.6 Å². The molecule has 2 rings (SSSR count). The predicted octanol–water partition coefficient (Wildman–Crippen LogP) is 2.69. The Morgan fingerprint density at radius 1 is 1.24 bits per heavy atom. The van der Waals surface area contributed by atoms with Gasteiger partial charge in [-0.2, -0.15) is 0 Å². The summed E-state index contributed by atoms with van der Waals surface area (Å²) < 4.78 is 0. The van der Waals surface area contributed by atoms with Crippen molar-refractivity contribution in [3.8, 4) is 0 Å². The van der Waals surface area contributed by atoms with Crippen LogP contribution in [0.2, 0.25) is 0 Å². The number of benzene rings is 1. The molecular weight excluding hydrogens is 284 g/mol. The normalized spacial score (nSPS) is 18.1. The van der Waals surface area contributed by atoms with E-state index >= 15 is 0 Å². The van der Waals surface area contributed by atoms with Gasteiger partial charge in [-0.3, -0.25) is 4.90 Å². The maximum atomic E-state index is 9.86. The molecule has 21 heavy (non-hydrogen) atoms. The van der Waals surface area contributed by atoms with Crippen LogP contribution in [0.5, 0.6) is 0 Å². The van der Waals surface area contributed by atoms with Gasteiger partial charge in [0.15, 0.2) is 0 Å². The molecule has 0 radical (unpaired) electrons. The molecule has 1 aromatic rings. The second kappa shape index (κ2) is 7.59. The first-order valence-corrected chi connectivity index (χ1v) is 7.58. The van der Waals surface area contributed by atoms with E-state index in [-0.39, 0.29) is 30.5 Å². The average Bonchev–Trinajstić information content (AvgIpc) is 2.43. The summed E-state index contributed by atoms with van der Waals surface area (Å²) in [5.74, 6) is 0. The van der Waals surface area contributed by atoms with E-state index in [4.69, 9.17) is 0 Å². The smallest absolute Gasteiger partial charge is 0.0500 e. The van der Waals surface area contributed by atoms with Gasteiger partial charge in [0.05, 0.1) is 0 Å². The Labute approximate surface area is 135 Å². The molecule has 1 fully saturated rings. The van der Waals surface area contributed by atoms with Crippen LogP contribution in [0, 0.1) is 19.3 Å². The first-order chi connectivity index (χ1) is 9.45. The number of nitrogens with zero attached hydrogens (tertiary/aromatic N) is 1. The number of halogens is 1. The first kappa shape index (κ1) is 18.4. The second-order valence-corrected chi connectivity index (χ2v) is 6.70. The van der Waals surface area contributed by atoms with Gasteiger partial charge < -0.3 is 10.4 Å². The molecule has 0 aliphatic carbocycles. The molecule has 0 saturated carbocycles. The number of hydrogen-bond donors (Lipinski definition) is 2. The molecule has 3 nitrogen and oxygen atoms in total. The molecular formula is C17H29ClN2O. The molecule has 0 unspecified atom stereocenters. The van der Waals surface area contributed by atoms with Gasteiger partial charge in [0.25, 0.3) is 0 Å². The summed E-state index contributed by atoms with van der Waals surface area (Å²) in [7, 11) is 0. The number of aliphatic hydroxyl groups excluding tert-OH is 1. The van der Waals surface area contributed by atoms with Crippen LogP contribution in [0.15, 0.2) is 18.2 Å².